The second-order valence-corrected chi connectivity index (χ2v) is 6.59. The van der Waals surface area contributed by atoms with Crippen LogP contribution in [0.2, 0.25) is 0 Å². The maximum atomic E-state index is 12.1. The summed E-state index contributed by atoms with van der Waals surface area (Å²) in [5, 5.41) is 13.1. The fraction of sp³-hybridized carbons (Fsp3) is 0.294. The summed E-state index contributed by atoms with van der Waals surface area (Å²) in [6, 6.07) is 7.66. The number of pyridine rings is 1. The predicted octanol–water partition coefficient (Wildman–Crippen LogP) is 2.30. The van der Waals surface area contributed by atoms with E-state index in [1.165, 1.54) is 17.4 Å². The van der Waals surface area contributed by atoms with E-state index in [-0.39, 0.29) is 12.5 Å². The molecule has 2 heterocycles. The zero-order chi connectivity index (χ0) is 16.4. The van der Waals surface area contributed by atoms with E-state index in [0.29, 0.717) is 5.56 Å². The highest BCUT2D eigenvalue weighted by Crippen LogP contribution is 2.29. The van der Waals surface area contributed by atoms with Crippen LogP contribution in [0.15, 0.2) is 41.1 Å². The number of nitrogens with one attached hydrogen (secondary N) is 1. The van der Waals surface area contributed by atoms with E-state index in [4.69, 9.17) is 0 Å². The molecule has 6 heteroatoms. The Bertz CT molecular complexity index is 736. The number of carbonyl (C=O) groups excluding carboxylic acids is 1. The van der Waals surface area contributed by atoms with Crippen molar-refractivity contribution in [3.05, 3.63) is 57.8 Å². The Hall–Kier alpha value is -1.92. The van der Waals surface area contributed by atoms with E-state index < -0.39 is 6.10 Å². The number of fused-ring (bicyclic) bond motifs is 1. The van der Waals surface area contributed by atoms with Gasteiger partial charge in [0.15, 0.2) is 0 Å². The first-order valence-electron chi connectivity index (χ1n) is 7.45. The number of aliphatic hydroxyl groups excluding tert-OH is 1. The molecule has 2 N–H and O–H groups in total. The van der Waals surface area contributed by atoms with Gasteiger partial charge in [-0.25, -0.2) is 0 Å². The molecule has 0 fully saturated rings. The summed E-state index contributed by atoms with van der Waals surface area (Å²) < 4.78 is 0.744. The zero-order valence-electron chi connectivity index (χ0n) is 12.8. The SMILES string of the molecule is CN1CCc2cc(C(O)CNC(=O)c3cncc(Br)c3)ccc21. The van der Waals surface area contributed by atoms with Gasteiger partial charge in [0.25, 0.3) is 5.91 Å². The van der Waals surface area contributed by atoms with Gasteiger partial charge < -0.3 is 15.3 Å². The summed E-state index contributed by atoms with van der Waals surface area (Å²) in [7, 11) is 2.06. The lowest BCUT2D eigenvalue weighted by Gasteiger charge is -2.15. The van der Waals surface area contributed by atoms with Crippen LogP contribution in [-0.2, 0) is 6.42 Å². The van der Waals surface area contributed by atoms with Crippen molar-refractivity contribution in [2.75, 3.05) is 25.0 Å². The second-order valence-electron chi connectivity index (χ2n) is 5.68. The molecule has 2 aromatic rings. The van der Waals surface area contributed by atoms with Gasteiger partial charge in [-0.2, -0.15) is 0 Å². The van der Waals surface area contributed by atoms with E-state index in [9.17, 15) is 9.90 Å². The first-order valence-corrected chi connectivity index (χ1v) is 8.24. The van der Waals surface area contributed by atoms with E-state index >= 15 is 0 Å². The highest BCUT2D eigenvalue weighted by Gasteiger charge is 2.18. The van der Waals surface area contributed by atoms with Gasteiger partial charge in [-0.3, -0.25) is 9.78 Å². The van der Waals surface area contributed by atoms with Gasteiger partial charge >= 0.3 is 0 Å². The molecule has 0 spiro atoms. The quantitative estimate of drug-likeness (QED) is 0.860. The molecule has 23 heavy (non-hydrogen) atoms. The normalized spacial score (nSPS) is 14.5. The average molecular weight is 376 g/mol. The molecule has 3 rings (SSSR count). The number of aliphatic hydroxyl groups is 1. The van der Waals surface area contributed by atoms with Gasteiger partial charge in [-0.05, 0) is 45.6 Å². The third kappa shape index (κ3) is 3.54. The fourth-order valence-corrected chi connectivity index (χ4v) is 3.10. The summed E-state index contributed by atoms with van der Waals surface area (Å²) in [6.07, 6.45) is 3.38. The lowest BCUT2D eigenvalue weighted by Crippen LogP contribution is -2.28. The molecule has 1 aromatic carbocycles. The zero-order valence-corrected chi connectivity index (χ0v) is 14.4. The van der Waals surface area contributed by atoms with Crippen LogP contribution in [-0.4, -0.2) is 36.1 Å². The van der Waals surface area contributed by atoms with Crippen LogP contribution in [0.5, 0.6) is 0 Å². The van der Waals surface area contributed by atoms with Crippen LogP contribution < -0.4 is 10.2 Å². The van der Waals surface area contributed by atoms with Crippen molar-refractivity contribution in [2.24, 2.45) is 0 Å². The fourth-order valence-electron chi connectivity index (χ4n) is 2.74. The van der Waals surface area contributed by atoms with Crippen molar-refractivity contribution in [1.29, 1.82) is 0 Å². The van der Waals surface area contributed by atoms with E-state index in [1.54, 1.807) is 12.3 Å². The van der Waals surface area contributed by atoms with E-state index in [2.05, 4.69) is 38.2 Å². The summed E-state index contributed by atoms with van der Waals surface area (Å²) >= 11 is 3.28. The molecular weight excluding hydrogens is 358 g/mol. The van der Waals surface area contributed by atoms with Crippen LogP contribution in [0, 0.1) is 0 Å². The van der Waals surface area contributed by atoms with Crippen LogP contribution >= 0.6 is 15.9 Å². The second kappa shape index (κ2) is 6.68. The minimum absolute atomic E-state index is 0.167. The Morgan fingerprint density at radius 1 is 1.43 bits per heavy atom. The number of anilines is 1. The molecule has 0 bridgehead atoms. The Labute approximate surface area is 143 Å². The monoisotopic (exact) mass is 375 g/mol. The average Bonchev–Trinajstić information content (AvgIpc) is 2.93. The Morgan fingerprint density at radius 3 is 3.04 bits per heavy atom. The molecule has 120 valence electrons. The number of hydrogen-bond donors (Lipinski definition) is 2. The number of amides is 1. The largest absolute Gasteiger partial charge is 0.387 e. The Kier molecular flexibility index (Phi) is 4.63. The molecule has 0 saturated heterocycles. The molecule has 1 atom stereocenters. The van der Waals surface area contributed by atoms with Crippen LogP contribution in [0.25, 0.3) is 0 Å². The number of carbonyl (C=O) groups is 1. The predicted molar refractivity (Wildman–Crippen MR) is 92.6 cm³/mol. The number of rotatable bonds is 4. The van der Waals surface area contributed by atoms with Gasteiger partial charge in [0.1, 0.15) is 0 Å². The molecule has 1 aliphatic rings. The molecule has 1 aliphatic heterocycles. The summed E-state index contributed by atoms with van der Waals surface area (Å²) in [5.41, 5.74) is 3.74. The molecule has 0 radical (unpaired) electrons. The molecule has 5 nitrogen and oxygen atoms in total. The summed E-state index contributed by atoms with van der Waals surface area (Å²) in [5.74, 6) is -0.251. The number of likely N-dealkylation sites (N-methyl/N-ethyl adjacent to an activating group) is 1. The molecule has 0 aliphatic carbocycles. The van der Waals surface area contributed by atoms with Crippen LogP contribution in [0.4, 0.5) is 5.69 Å². The van der Waals surface area contributed by atoms with Crippen molar-refractivity contribution in [3.63, 3.8) is 0 Å². The first kappa shape index (κ1) is 16.0. The third-order valence-corrected chi connectivity index (χ3v) is 4.47. The smallest absolute Gasteiger partial charge is 0.252 e. The van der Waals surface area contributed by atoms with Gasteiger partial charge in [-0.15, -0.1) is 0 Å². The topological polar surface area (TPSA) is 65.5 Å². The van der Waals surface area contributed by atoms with Crippen LogP contribution in [0.1, 0.15) is 27.6 Å². The number of benzene rings is 1. The van der Waals surface area contributed by atoms with E-state index in [1.807, 2.05) is 18.2 Å². The molecule has 0 saturated carbocycles. The maximum Gasteiger partial charge on any atom is 0.252 e. The third-order valence-electron chi connectivity index (χ3n) is 4.04. The van der Waals surface area contributed by atoms with Gasteiger partial charge in [-0.1, -0.05) is 12.1 Å². The molecule has 1 unspecified atom stereocenters. The summed E-state index contributed by atoms with van der Waals surface area (Å²) in [4.78, 5) is 18.2. The number of nitrogens with zero attached hydrogens (tertiary/aromatic N) is 2. The lowest BCUT2D eigenvalue weighted by atomic mass is 10.0. The highest BCUT2D eigenvalue weighted by molar-refractivity contribution is 9.10. The van der Waals surface area contributed by atoms with E-state index in [0.717, 1.165) is 23.0 Å². The summed E-state index contributed by atoms with van der Waals surface area (Å²) in [6.45, 7) is 1.17. The minimum Gasteiger partial charge on any atom is -0.387 e. The van der Waals surface area contributed by atoms with Gasteiger partial charge in [0.05, 0.1) is 11.7 Å². The van der Waals surface area contributed by atoms with Gasteiger partial charge in [0, 0.05) is 42.7 Å². The molecular formula is C17H18BrN3O2. The number of hydrogen-bond acceptors (Lipinski definition) is 4. The molecule has 1 amide bonds. The van der Waals surface area contributed by atoms with Crippen molar-refractivity contribution in [2.45, 2.75) is 12.5 Å². The number of halogens is 1. The van der Waals surface area contributed by atoms with Crippen molar-refractivity contribution >= 4 is 27.5 Å². The highest BCUT2D eigenvalue weighted by atomic mass is 79.9. The minimum atomic E-state index is -0.727. The first-order chi connectivity index (χ1) is 11.0. The standard InChI is InChI=1S/C17H18BrN3O2/c1-21-5-4-11-6-12(2-3-15(11)21)16(22)10-20-17(23)13-7-14(18)9-19-8-13/h2-3,6-9,16,22H,4-5,10H2,1H3,(H,20,23). The van der Waals surface area contributed by atoms with Gasteiger partial charge in [0.2, 0.25) is 0 Å². The van der Waals surface area contributed by atoms with Crippen molar-refractivity contribution < 1.29 is 9.90 Å². The molecule has 1 aromatic heterocycles. The van der Waals surface area contributed by atoms with Crippen LogP contribution in [0.3, 0.4) is 0 Å². The Balaban J connectivity index is 1.63. The van der Waals surface area contributed by atoms with Crippen molar-refractivity contribution in [1.82, 2.24) is 10.3 Å². The Morgan fingerprint density at radius 2 is 2.26 bits per heavy atom. The van der Waals surface area contributed by atoms with Crippen molar-refractivity contribution in [3.8, 4) is 0 Å². The lowest BCUT2D eigenvalue weighted by molar-refractivity contribution is 0.0916. The maximum absolute atomic E-state index is 12.1. The number of aromatic nitrogens is 1.